The molecule has 0 aliphatic rings. The van der Waals surface area contributed by atoms with Crippen molar-refractivity contribution in [3.05, 3.63) is 76.8 Å². The third-order valence-electron chi connectivity index (χ3n) is 6.46. The van der Waals surface area contributed by atoms with Crippen molar-refractivity contribution in [3.63, 3.8) is 0 Å². The Morgan fingerprint density at radius 3 is 2.27 bits per heavy atom. The number of benzene rings is 3. The minimum Gasteiger partial charge on any atom is -0.494 e. The van der Waals surface area contributed by atoms with Crippen molar-refractivity contribution in [3.8, 4) is 5.75 Å². The van der Waals surface area contributed by atoms with Gasteiger partial charge in [0.1, 0.15) is 5.75 Å². The van der Waals surface area contributed by atoms with Crippen LogP contribution in [-0.4, -0.2) is 29.2 Å². The second-order valence-electron chi connectivity index (χ2n) is 9.81. The second-order valence-corrected chi connectivity index (χ2v) is 13.0. The van der Waals surface area contributed by atoms with Crippen LogP contribution >= 0.6 is 39.0 Å². The summed E-state index contributed by atoms with van der Waals surface area (Å²) in [5, 5.41) is 5.86. The Morgan fingerprint density at radius 1 is 0.854 bits per heavy atom. The predicted octanol–water partition coefficient (Wildman–Crippen LogP) is 9.56. The van der Waals surface area contributed by atoms with Gasteiger partial charge in [-0.1, -0.05) is 79.6 Å². The minimum absolute atomic E-state index is 0.0888. The van der Waals surface area contributed by atoms with E-state index in [-0.39, 0.29) is 17.6 Å². The molecule has 0 saturated heterocycles. The van der Waals surface area contributed by atoms with Crippen molar-refractivity contribution in [1.29, 1.82) is 0 Å². The van der Waals surface area contributed by atoms with E-state index in [9.17, 15) is 9.59 Å². The zero-order chi connectivity index (χ0) is 28.9. The van der Waals surface area contributed by atoms with E-state index in [1.165, 1.54) is 68.0 Å². The van der Waals surface area contributed by atoms with Gasteiger partial charge < -0.3 is 15.4 Å². The van der Waals surface area contributed by atoms with Gasteiger partial charge in [-0.2, -0.15) is 0 Å². The molecule has 3 aromatic carbocycles. The molecule has 2 amide bonds. The summed E-state index contributed by atoms with van der Waals surface area (Å²) in [5.74, 6) is 0.779. The second kappa shape index (κ2) is 16.5. The Hall–Kier alpha value is -2.88. The standard InChI is InChI=1S/C32H36BrN3O3S2/c1-2-3-4-5-6-7-8-9-20-39-27-17-10-23(11-18-27)31(38)35-26-16-19-28-29(21-26)41-32(36-28)40-22-30(37)34-25-14-12-24(33)13-15-25/h10-19,21H,2-9,20,22H2,1H3,(H,34,37)(H,35,38). The van der Waals surface area contributed by atoms with Gasteiger partial charge in [0.15, 0.2) is 4.34 Å². The summed E-state index contributed by atoms with van der Waals surface area (Å²) >= 11 is 6.28. The Kier molecular flexibility index (Phi) is 12.5. The van der Waals surface area contributed by atoms with E-state index in [0.29, 0.717) is 17.9 Å². The largest absolute Gasteiger partial charge is 0.494 e. The summed E-state index contributed by atoms with van der Waals surface area (Å²) in [5.41, 5.74) is 2.86. The molecule has 9 heteroatoms. The van der Waals surface area contributed by atoms with Crippen LogP contribution in [0.5, 0.6) is 5.75 Å². The molecule has 0 radical (unpaired) electrons. The molecule has 0 aliphatic heterocycles. The molecule has 0 unspecified atom stereocenters. The minimum atomic E-state index is -0.178. The monoisotopic (exact) mass is 653 g/mol. The summed E-state index contributed by atoms with van der Waals surface area (Å²) in [6.45, 7) is 2.94. The number of rotatable bonds is 16. The number of aromatic nitrogens is 1. The first-order chi connectivity index (χ1) is 20.0. The molecule has 0 aliphatic carbocycles. The fourth-order valence-electron chi connectivity index (χ4n) is 4.23. The first kappa shape index (κ1) is 31.1. The van der Waals surface area contributed by atoms with Gasteiger partial charge in [-0.25, -0.2) is 4.98 Å². The number of halogens is 1. The molecule has 0 bridgehead atoms. The number of nitrogens with zero attached hydrogens (tertiary/aromatic N) is 1. The zero-order valence-electron chi connectivity index (χ0n) is 23.3. The molecule has 2 N–H and O–H groups in total. The number of fused-ring (bicyclic) bond motifs is 1. The Balaban J connectivity index is 1.20. The van der Waals surface area contributed by atoms with Crippen LogP contribution in [0, 0.1) is 0 Å². The molecule has 216 valence electrons. The number of hydrogen-bond acceptors (Lipinski definition) is 6. The predicted molar refractivity (Wildman–Crippen MR) is 176 cm³/mol. The summed E-state index contributed by atoms with van der Waals surface area (Å²) in [7, 11) is 0. The Morgan fingerprint density at radius 2 is 1.54 bits per heavy atom. The molecular weight excluding hydrogens is 618 g/mol. The van der Waals surface area contributed by atoms with Crippen molar-refractivity contribution in [2.75, 3.05) is 23.0 Å². The average molecular weight is 655 g/mol. The zero-order valence-corrected chi connectivity index (χ0v) is 26.5. The van der Waals surface area contributed by atoms with Gasteiger partial charge in [0.2, 0.25) is 5.91 Å². The number of nitrogens with one attached hydrogen (secondary N) is 2. The number of anilines is 2. The lowest BCUT2D eigenvalue weighted by atomic mass is 10.1. The first-order valence-electron chi connectivity index (χ1n) is 14.1. The molecule has 0 atom stereocenters. The van der Waals surface area contributed by atoms with Crippen LogP contribution in [0.2, 0.25) is 0 Å². The Labute approximate surface area is 258 Å². The van der Waals surface area contributed by atoms with Gasteiger partial charge >= 0.3 is 0 Å². The lowest BCUT2D eigenvalue weighted by Gasteiger charge is -2.08. The fraction of sp³-hybridized carbons (Fsp3) is 0.344. The number of unbranched alkanes of at least 4 members (excludes halogenated alkanes) is 7. The van der Waals surface area contributed by atoms with Crippen molar-refractivity contribution in [2.45, 2.75) is 62.6 Å². The topological polar surface area (TPSA) is 80.3 Å². The highest BCUT2D eigenvalue weighted by Crippen LogP contribution is 2.31. The Bertz CT molecular complexity index is 1410. The average Bonchev–Trinajstić information content (AvgIpc) is 3.39. The highest BCUT2D eigenvalue weighted by atomic mass is 79.9. The number of hydrogen-bond donors (Lipinski definition) is 2. The van der Waals surface area contributed by atoms with E-state index < -0.39 is 0 Å². The SMILES string of the molecule is CCCCCCCCCCOc1ccc(C(=O)Nc2ccc3nc(SCC(=O)Nc4ccc(Br)cc4)sc3c2)cc1. The van der Waals surface area contributed by atoms with Crippen molar-refractivity contribution < 1.29 is 14.3 Å². The molecule has 1 aromatic heterocycles. The highest BCUT2D eigenvalue weighted by Gasteiger charge is 2.11. The smallest absolute Gasteiger partial charge is 0.255 e. The summed E-state index contributed by atoms with van der Waals surface area (Å²) < 4.78 is 8.57. The maximum Gasteiger partial charge on any atom is 0.255 e. The highest BCUT2D eigenvalue weighted by molar-refractivity contribution is 9.10. The van der Waals surface area contributed by atoms with Crippen LogP contribution in [-0.2, 0) is 4.79 Å². The number of ether oxygens (including phenoxy) is 1. The number of thiazole rings is 1. The molecule has 4 rings (SSSR count). The summed E-state index contributed by atoms with van der Waals surface area (Å²) in [4.78, 5) is 29.8. The van der Waals surface area contributed by atoms with E-state index in [1.807, 2.05) is 54.6 Å². The van der Waals surface area contributed by atoms with Gasteiger partial charge in [-0.15, -0.1) is 11.3 Å². The maximum atomic E-state index is 12.8. The number of thioether (sulfide) groups is 1. The fourth-order valence-corrected chi connectivity index (χ4v) is 6.40. The molecule has 1 heterocycles. The third-order valence-corrected chi connectivity index (χ3v) is 9.15. The van der Waals surface area contributed by atoms with E-state index >= 15 is 0 Å². The molecular formula is C32H36BrN3O3S2. The molecule has 0 saturated carbocycles. The summed E-state index contributed by atoms with van der Waals surface area (Å²) in [6, 6.07) is 20.4. The van der Waals surface area contributed by atoms with Crippen LogP contribution in [0.15, 0.2) is 75.5 Å². The van der Waals surface area contributed by atoms with Crippen LogP contribution in [0.3, 0.4) is 0 Å². The van der Waals surface area contributed by atoms with Gasteiger partial charge in [-0.05, 0) is 73.2 Å². The van der Waals surface area contributed by atoms with Crippen molar-refractivity contribution >= 4 is 72.4 Å². The molecule has 0 fully saturated rings. The van der Waals surface area contributed by atoms with Gasteiger partial charge in [0, 0.05) is 21.4 Å². The number of carbonyl (C=O) groups excluding carboxylic acids is 2. The van der Waals surface area contributed by atoms with E-state index in [4.69, 9.17) is 4.74 Å². The van der Waals surface area contributed by atoms with Gasteiger partial charge in [0.25, 0.3) is 5.91 Å². The molecule has 41 heavy (non-hydrogen) atoms. The quantitative estimate of drug-likeness (QED) is 0.0929. The van der Waals surface area contributed by atoms with E-state index in [2.05, 4.69) is 38.5 Å². The van der Waals surface area contributed by atoms with Crippen molar-refractivity contribution in [2.24, 2.45) is 0 Å². The van der Waals surface area contributed by atoms with E-state index in [1.54, 1.807) is 12.1 Å². The normalized spacial score (nSPS) is 11.0. The lowest BCUT2D eigenvalue weighted by molar-refractivity contribution is -0.113. The van der Waals surface area contributed by atoms with Crippen LogP contribution in [0.4, 0.5) is 11.4 Å². The van der Waals surface area contributed by atoms with Crippen LogP contribution in [0.25, 0.3) is 10.2 Å². The maximum absolute atomic E-state index is 12.8. The molecule has 4 aromatic rings. The van der Waals surface area contributed by atoms with Gasteiger partial charge in [-0.3, -0.25) is 9.59 Å². The lowest BCUT2D eigenvalue weighted by Crippen LogP contribution is -2.13. The van der Waals surface area contributed by atoms with Crippen molar-refractivity contribution in [1.82, 2.24) is 4.98 Å². The van der Waals surface area contributed by atoms with Crippen LogP contribution < -0.4 is 15.4 Å². The third kappa shape index (κ3) is 10.5. The van der Waals surface area contributed by atoms with E-state index in [0.717, 1.165) is 36.9 Å². The van der Waals surface area contributed by atoms with Crippen LogP contribution in [0.1, 0.15) is 68.6 Å². The number of carbonyl (C=O) groups is 2. The van der Waals surface area contributed by atoms with Gasteiger partial charge in [0.05, 0.1) is 22.6 Å². The molecule has 6 nitrogen and oxygen atoms in total. The number of amides is 2. The summed E-state index contributed by atoms with van der Waals surface area (Å²) in [6.07, 6.45) is 10.1. The molecule has 0 spiro atoms. The first-order valence-corrected chi connectivity index (χ1v) is 16.7.